The first-order chi connectivity index (χ1) is 8.97. The molecule has 1 amide bonds. The smallest absolute Gasteiger partial charge is 0.395 e. The number of carbonyl (C=O) groups is 1. The van der Waals surface area contributed by atoms with Crippen LogP contribution in [0.1, 0.15) is 28.4 Å². The average Bonchev–Trinajstić information content (AvgIpc) is 2.96. The number of nitrogens with one attached hydrogen (secondary N) is 1. The van der Waals surface area contributed by atoms with Crippen LogP contribution in [0.2, 0.25) is 4.34 Å². The van der Waals surface area contributed by atoms with Crippen molar-refractivity contribution >= 4 is 34.7 Å². The van der Waals surface area contributed by atoms with Crippen molar-refractivity contribution < 1.29 is 14.1 Å². The predicted molar refractivity (Wildman–Crippen MR) is 70.6 cm³/mol. The van der Waals surface area contributed by atoms with Crippen molar-refractivity contribution in [1.82, 2.24) is 5.32 Å². The lowest BCUT2D eigenvalue weighted by molar-refractivity contribution is -0.402. The van der Waals surface area contributed by atoms with Gasteiger partial charge in [-0.1, -0.05) is 11.6 Å². The largest absolute Gasteiger partial charge is 0.433 e. The van der Waals surface area contributed by atoms with Gasteiger partial charge in [0.25, 0.3) is 5.91 Å². The summed E-state index contributed by atoms with van der Waals surface area (Å²) in [4.78, 5) is 22.5. The fraction of sp³-hybridized carbons (Fsp3) is 0.182. The number of furan rings is 1. The summed E-state index contributed by atoms with van der Waals surface area (Å²) in [5, 5.41) is 13.1. The lowest BCUT2D eigenvalue weighted by atomic mass is 10.2. The first-order valence-corrected chi connectivity index (χ1v) is 6.47. The van der Waals surface area contributed by atoms with Crippen LogP contribution < -0.4 is 5.32 Å². The first-order valence-electron chi connectivity index (χ1n) is 5.27. The van der Waals surface area contributed by atoms with Gasteiger partial charge in [0, 0.05) is 4.88 Å². The third-order valence-corrected chi connectivity index (χ3v) is 3.78. The molecule has 0 bridgehead atoms. The normalized spacial score (nSPS) is 12.1. The standard InChI is InChI=1S/C11H9ClN2O4S/c1-6(8-3-4-9(12)19-8)13-11(15)7-2-5-10(18-7)14(16)17/h2-6H,1H3,(H,13,15). The first kappa shape index (κ1) is 13.6. The van der Waals surface area contributed by atoms with Gasteiger partial charge in [-0.05, 0) is 25.1 Å². The van der Waals surface area contributed by atoms with Gasteiger partial charge in [0.2, 0.25) is 0 Å². The van der Waals surface area contributed by atoms with Crippen molar-refractivity contribution in [1.29, 1.82) is 0 Å². The summed E-state index contributed by atoms with van der Waals surface area (Å²) in [7, 11) is 0. The molecule has 0 aliphatic carbocycles. The summed E-state index contributed by atoms with van der Waals surface area (Å²) in [5.74, 6) is -1.07. The molecule has 0 aliphatic heterocycles. The van der Waals surface area contributed by atoms with Crippen molar-refractivity contribution in [2.24, 2.45) is 0 Å². The van der Waals surface area contributed by atoms with E-state index in [1.165, 1.54) is 17.4 Å². The van der Waals surface area contributed by atoms with E-state index in [1.807, 2.05) is 6.07 Å². The fourth-order valence-electron chi connectivity index (χ4n) is 1.45. The molecule has 0 fully saturated rings. The highest BCUT2D eigenvalue weighted by Crippen LogP contribution is 2.27. The number of carbonyl (C=O) groups excluding carboxylic acids is 1. The predicted octanol–water partition coefficient (Wildman–Crippen LogP) is 3.39. The SMILES string of the molecule is CC(NC(=O)c1ccc([N+](=O)[O-])o1)c1ccc(Cl)s1. The van der Waals surface area contributed by atoms with Gasteiger partial charge in [-0.3, -0.25) is 14.9 Å². The van der Waals surface area contributed by atoms with Crippen LogP contribution in [-0.4, -0.2) is 10.8 Å². The molecule has 100 valence electrons. The Balaban J connectivity index is 2.06. The quantitative estimate of drug-likeness (QED) is 0.692. The molecule has 8 heteroatoms. The molecule has 1 unspecified atom stereocenters. The molecule has 2 heterocycles. The summed E-state index contributed by atoms with van der Waals surface area (Å²) in [5.41, 5.74) is 0. The zero-order valence-corrected chi connectivity index (χ0v) is 11.3. The Bertz CT molecular complexity index is 622. The average molecular weight is 301 g/mol. The Hall–Kier alpha value is -1.86. The van der Waals surface area contributed by atoms with Gasteiger partial charge in [-0.25, -0.2) is 0 Å². The van der Waals surface area contributed by atoms with Gasteiger partial charge in [0.05, 0.1) is 16.4 Å². The van der Waals surface area contributed by atoms with Gasteiger partial charge < -0.3 is 9.73 Å². The monoisotopic (exact) mass is 300 g/mol. The molecular weight excluding hydrogens is 292 g/mol. The van der Waals surface area contributed by atoms with Crippen LogP contribution in [-0.2, 0) is 0 Å². The van der Waals surface area contributed by atoms with E-state index in [4.69, 9.17) is 16.0 Å². The van der Waals surface area contributed by atoms with Crippen molar-refractivity contribution in [2.45, 2.75) is 13.0 Å². The minimum Gasteiger partial charge on any atom is -0.395 e. The maximum absolute atomic E-state index is 11.8. The molecule has 0 aromatic carbocycles. The summed E-state index contributed by atoms with van der Waals surface area (Å²) in [6, 6.07) is 5.70. The summed E-state index contributed by atoms with van der Waals surface area (Å²) in [6.45, 7) is 1.79. The topological polar surface area (TPSA) is 85.4 Å². The number of rotatable bonds is 4. The van der Waals surface area contributed by atoms with Crippen LogP contribution in [0.15, 0.2) is 28.7 Å². The van der Waals surface area contributed by atoms with Gasteiger partial charge in [-0.2, -0.15) is 0 Å². The van der Waals surface area contributed by atoms with E-state index in [-0.39, 0.29) is 11.8 Å². The minimum atomic E-state index is -0.695. The Morgan fingerprint density at radius 2 is 2.21 bits per heavy atom. The van der Waals surface area contributed by atoms with Gasteiger partial charge in [-0.15, -0.1) is 11.3 Å². The molecule has 19 heavy (non-hydrogen) atoms. The lowest BCUT2D eigenvalue weighted by Crippen LogP contribution is -2.25. The van der Waals surface area contributed by atoms with Crippen LogP contribution in [0.5, 0.6) is 0 Å². The fourth-order valence-corrected chi connectivity index (χ4v) is 2.51. The van der Waals surface area contributed by atoms with E-state index in [0.717, 1.165) is 10.9 Å². The maximum Gasteiger partial charge on any atom is 0.433 e. The van der Waals surface area contributed by atoms with E-state index in [2.05, 4.69) is 5.32 Å². The second-order valence-corrected chi connectivity index (χ2v) is 5.48. The Kier molecular flexibility index (Phi) is 3.87. The number of thiophene rings is 1. The van der Waals surface area contributed by atoms with E-state index < -0.39 is 16.7 Å². The second-order valence-electron chi connectivity index (χ2n) is 3.73. The molecule has 0 aliphatic rings. The van der Waals surface area contributed by atoms with E-state index in [9.17, 15) is 14.9 Å². The van der Waals surface area contributed by atoms with E-state index in [1.54, 1.807) is 13.0 Å². The Morgan fingerprint density at radius 1 is 1.47 bits per heavy atom. The number of hydrogen-bond donors (Lipinski definition) is 1. The number of halogens is 1. The third-order valence-electron chi connectivity index (χ3n) is 2.36. The zero-order chi connectivity index (χ0) is 14.0. The highest BCUT2D eigenvalue weighted by atomic mass is 35.5. The van der Waals surface area contributed by atoms with Gasteiger partial charge in [0.15, 0.2) is 5.76 Å². The summed E-state index contributed by atoms with van der Waals surface area (Å²) in [6.07, 6.45) is 0. The summed E-state index contributed by atoms with van der Waals surface area (Å²) < 4.78 is 5.44. The lowest BCUT2D eigenvalue weighted by Gasteiger charge is -2.10. The highest BCUT2D eigenvalue weighted by molar-refractivity contribution is 7.16. The van der Waals surface area contributed by atoms with Crippen molar-refractivity contribution in [3.05, 3.63) is 49.4 Å². The Labute approximate surface area is 117 Å². The molecule has 0 spiro atoms. The highest BCUT2D eigenvalue weighted by Gasteiger charge is 2.19. The van der Waals surface area contributed by atoms with Crippen molar-refractivity contribution in [3.8, 4) is 0 Å². The molecule has 2 aromatic heterocycles. The van der Waals surface area contributed by atoms with Crippen LogP contribution in [0, 0.1) is 10.1 Å². The van der Waals surface area contributed by atoms with Crippen LogP contribution >= 0.6 is 22.9 Å². The van der Waals surface area contributed by atoms with Crippen molar-refractivity contribution in [3.63, 3.8) is 0 Å². The minimum absolute atomic E-state index is 0.0961. The van der Waals surface area contributed by atoms with Crippen LogP contribution in [0.25, 0.3) is 0 Å². The summed E-state index contributed by atoms with van der Waals surface area (Å²) >= 11 is 7.16. The molecule has 0 radical (unpaired) electrons. The number of nitro groups is 1. The third kappa shape index (κ3) is 3.12. The molecule has 6 nitrogen and oxygen atoms in total. The maximum atomic E-state index is 11.8. The molecule has 1 N–H and O–H groups in total. The molecule has 2 rings (SSSR count). The van der Waals surface area contributed by atoms with Crippen molar-refractivity contribution in [2.75, 3.05) is 0 Å². The molecule has 1 atom stereocenters. The molecular formula is C11H9ClN2O4S. The number of nitrogens with zero attached hydrogens (tertiary/aromatic N) is 1. The van der Waals surface area contributed by atoms with E-state index >= 15 is 0 Å². The molecule has 2 aromatic rings. The van der Waals surface area contributed by atoms with Crippen LogP contribution in [0.3, 0.4) is 0 Å². The van der Waals surface area contributed by atoms with Gasteiger partial charge in [0.1, 0.15) is 4.92 Å². The van der Waals surface area contributed by atoms with Gasteiger partial charge >= 0.3 is 5.88 Å². The number of hydrogen-bond acceptors (Lipinski definition) is 5. The zero-order valence-electron chi connectivity index (χ0n) is 9.75. The van der Waals surface area contributed by atoms with E-state index in [0.29, 0.717) is 4.34 Å². The molecule has 0 saturated carbocycles. The Morgan fingerprint density at radius 3 is 2.74 bits per heavy atom. The number of amides is 1. The molecule has 0 saturated heterocycles. The second kappa shape index (κ2) is 5.41. The van der Waals surface area contributed by atoms with Crippen LogP contribution in [0.4, 0.5) is 5.88 Å².